The van der Waals surface area contributed by atoms with Gasteiger partial charge in [0.15, 0.2) is 5.89 Å². The van der Waals surface area contributed by atoms with E-state index < -0.39 is 11.8 Å². The summed E-state index contributed by atoms with van der Waals surface area (Å²) in [7, 11) is 0. The van der Waals surface area contributed by atoms with E-state index in [-0.39, 0.29) is 5.76 Å². The van der Waals surface area contributed by atoms with Gasteiger partial charge in [-0.3, -0.25) is 19.8 Å². The van der Waals surface area contributed by atoms with Crippen LogP contribution in [-0.2, 0) is 17.8 Å². The first-order valence-electron chi connectivity index (χ1n) is 13.8. The highest BCUT2D eigenvalue weighted by atomic mass is 16.5. The molecule has 0 saturated carbocycles. The van der Waals surface area contributed by atoms with E-state index >= 15 is 0 Å². The standard InChI is InChI=1S/C29H36N8O4/c1-18-26(41-19(2)33-18)28(39)35-29-34-23-16-20(27(31)38)8-9-24(23)37(29)11-4-3-10-32-25-21(6-5-7-22(25)30)17-36-12-14-40-15-13-36/h5-9,16,32H,3-4,10-15,17,30H2,1-2H3,(H2,31,38)(H,34,35,39). The second kappa shape index (κ2) is 12.4. The predicted octanol–water partition coefficient (Wildman–Crippen LogP) is 3.30. The molecule has 41 heavy (non-hydrogen) atoms. The lowest BCUT2D eigenvalue weighted by molar-refractivity contribution is 0.0343. The Morgan fingerprint density at radius 2 is 1.88 bits per heavy atom. The van der Waals surface area contributed by atoms with E-state index in [0.717, 1.165) is 69.1 Å². The van der Waals surface area contributed by atoms with Gasteiger partial charge in [-0.1, -0.05) is 12.1 Å². The van der Waals surface area contributed by atoms with Crippen molar-refractivity contribution in [3.05, 3.63) is 64.9 Å². The van der Waals surface area contributed by atoms with E-state index in [0.29, 0.717) is 35.2 Å². The van der Waals surface area contributed by atoms with Crippen molar-refractivity contribution in [3.8, 4) is 0 Å². The van der Waals surface area contributed by atoms with Gasteiger partial charge in [-0.2, -0.15) is 0 Å². The van der Waals surface area contributed by atoms with Gasteiger partial charge in [-0.25, -0.2) is 9.97 Å². The maximum atomic E-state index is 13.0. The summed E-state index contributed by atoms with van der Waals surface area (Å²) < 4.78 is 12.9. The van der Waals surface area contributed by atoms with Crippen molar-refractivity contribution in [3.63, 3.8) is 0 Å². The van der Waals surface area contributed by atoms with Crippen LogP contribution in [-0.4, -0.2) is 64.1 Å². The maximum Gasteiger partial charge on any atom is 0.295 e. The summed E-state index contributed by atoms with van der Waals surface area (Å²) in [6.07, 6.45) is 1.64. The van der Waals surface area contributed by atoms with Crippen LogP contribution in [0.1, 0.15) is 50.9 Å². The Morgan fingerprint density at radius 3 is 2.61 bits per heavy atom. The number of morpholine rings is 1. The van der Waals surface area contributed by atoms with E-state index in [9.17, 15) is 9.59 Å². The second-order valence-electron chi connectivity index (χ2n) is 10.2. The summed E-state index contributed by atoms with van der Waals surface area (Å²) in [6.45, 7) is 8.84. The number of amides is 2. The Hall–Kier alpha value is -4.42. The van der Waals surface area contributed by atoms with Crippen LogP contribution in [0.3, 0.4) is 0 Å². The molecule has 0 spiro atoms. The van der Waals surface area contributed by atoms with Crippen LogP contribution in [0.25, 0.3) is 11.0 Å². The van der Waals surface area contributed by atoms with Crippen molar-refractivity contribution >= 4 is 40.2 Å². The first-order chi connectivity index (χ1) is 19.8. The number of ether oxygens (including phenoxy) is 1. The molecule has 1 aliphatic heterocycles. The fraction of sp³-hybridized carbons (Fsp3) is 0.379. The molecule has 1 fully saturated rings. The number of carbonyl (C=O) groups is 2. The highest BCUT2D eigenvalue weighted by Gasteiger charge is 2.20. The Morgan fingerprint density at radius 1 is 1.07 bits per heavy atom. The normalized spacial score (nSPS) is 13.9. The van der Waals surface area contributed by atoms with Crippen molar-refractivity contribution in [1.29, 1.82) is 0 Å². The summed E-state index contributed by atoms with van der Waals surface area (Å²) in [5.41, 5.74) is 16.9. The fourth-order valence-electron chi connectivity index (χ4n) is 5.08. The number of benzene rings is 2. The summed E-state index contributed by atoms with van der Waals surface area (Å²) >= 11 is 0. The number of hydrogen-bond donors (Lipinski definition) is 4. The number of nitrogens with two attached hydrogens (primary N) is 2. The first kappa shape index (κ1) is 28.1. The molecule has 1 saturated heterocycles. The molecule has 0 atom stereocenters. The van der Waals surface area contributed by atoms with E-state index in [1.807, 2.05) is 16.7 Å². The van der Waals surface area contributed by atoms with Crippen molar-refractivity contribution < 1.29 is 18.7 Å². The average Bonchev–Trinajstić information content (AvgIpc) is 3.47. The number of carbonyl (C=O) groups excluding carboxylic acids is 2. The van der Waals surface area contributed by atoms with E-state index in [2.05, 4.69) is 31.6 Å². The molecule has 12 heteroatoms. The van der Waals surface area contributed by atoms with Crippen molar-refractivity contribution in [2.24, 2.45) is 5.73 Å². The Balaban J connectivity index is 1.27. The molecule has 5 rings (SSSR count). The zero-order valence-electron chi connectivity index (χ0n) is 23.4. The Bertz CT molecular complexity index is 1550. The third-order valence-electron chi connectivity index (χ3n) is 7.16. The van der Waals surface area contributed by atoms with Crippen LogP contribution in [0.5, 0.6) is 0 Å². The van der Waals surface area contributed by atoms with Crippen LogP contribution in [0, 0.1) is 13.8 Å². The predicted molar refractivity (Wildman–Crippen MR) is 157 cm³/mol. The second-order valence-corrected chi connectivity index (χ2v) is 10.2. The Labute approximate surface area is 238 Å². The number of primary amides is 1. The smallest absolute Gasteiger partial charge is 0.295 e. The molecule has 0 radical (unpaired) electrons. The van der Waals surface area contributed by atoms with Crippen LogP contribution in [0.4, 0.5) is 17.3 Å². The number of rotatable bonds is 11. The number of aromatic nitrogens is 3. The topological polar surface area (TPSA) is 167 Å². The zero-order chi connectivity index (χ0) is 28.9. The molecule has 6 N–H and O–H groups in total. The van der Waals surface area contributed by atoms with Gasteiger partial charge in [-0.15, -0.1) is 0 Å². The quantitative estimate of drug-likeness (QED) is 0.159. The first-order valence-corrected chi connectivity index (χ1v) is 13.8. The Kier molecular flexibility index (Phi) is 8.50. The number of anilines is 3. The van der Waals surface area contributed by atoms with Gasteiger partial charge in [0, 0.05) is 45.2 Å². The van der Waals surface area contributed by atoms with Gasteiger partial charge in [0.05, 0.1) is 41.3 Å². The third kappa shape index (κ3) is 6.50. The zero-order valence-corrected chi connectivity index (χ0v) is 23.4. The number of nitrogens with one attached hydrogen (secondary N) is 2. The van der Waals surface area contributed by atoms with Crippen LogP contribution < -0.4 is 22.1 Å². The van der Waals surface area contributed by atoms with Gasteiger partial charge in [0.2, 0.25) is 17.6 Å². The van der Waals surface area contributed by atoms with Crippen LogP contribution in [0.15, 0.2) is 40.8 Å². The minimum absolute atomic E-state index is 0.136. The maximum absolute atomic E-state index is 13.0. The molecular formula is C29H36N8O4. The van der Waals surface area contributed by atoms with Gasteiger partial charge in [-0.05, 0) is 49.6 Å². The molecule has 12 nitrogen and oxygen atoms in total. The highest BCUT2D eigenvalue weighted by Crippen LogP contribution is 2.26. The van der Waals surface area contributed by atoms with E-state index in [1.54, 1.807) is 32.0 Å². The summed E-state index contributed by atoms with van der Waals surface area (Å²) in [4.78, 5) is 35.9. The van der Waals surface area contributed by atoms with Gasteiger partial charge in [0.1, 0.15) is 0 Å². The van der Waals surface area contributed by atoms with Crippen molar-refractivity contribution in [1.82, 2.24) is 19.4 Å². The molecule has 4 aromatic rings. The summed E-state index contributed by atoms with van der Waals surface area (Å²) in [5.74, 6) is -0.0839. The molecule has 216 valence electrons. The number of nitrogen functional groups attached to an aromatic ring is 1. The minimum Gasteiger partial charge on any atom is -0.436 e. The number of nitrogens with zero attached hydrogens (tertiary/aromatic N) is 4. The summed E-state index contributed by atoms with van der Waals surface area (Å²) in [5, 5.41) is 6.39. The highest BCUT2D eigenvalue weighted by molar-refractivity contribution is 6.03. The molecule has 2 aromatic carbocycles. The van der Waals surface area contributed by atoms with Crippen molar-refractivity contribution in [2.75, 3.05) is 49.2 Å². The lowest BCUT2D eigenvalue weighted by Gasteiger charge is -2.27. The number of aryl methyl sites for hydroxylation is 3. The van der Waals surface area contributed by atoms with Gasteiger partial charge in [0.25, 0.3) is 5.91 Å². The van der Waals surface area contributed by atoms with E-state index in [4.69, 9.17) is 20.6 Å². The molecule has 1 aliphatic rings. The molecule has 2 amide bonds. The lowest BCUT2D eigenvalue weighted by atomic mass is 10.1. The molecule has 2 aromatic heterocycles. The number of imidazole rings is 1. The monoisotopic (exact) mass is 560 g/mol. The molecule has 0 aliphatic carbocycles. The molecule has 0 unspecified atom stereocenters. The van der Waals surface area contributed by atoms with Gasteiger partial charge >= 0.3 is 0 Å². The number of hydrogen-bond acceptors (Lipinski definition) is 9. The van der Waals surface area contributed by atoms with Gasteiger partial charge < -0.3 is 30.5 Å². The number of fused-ring (bicyclic) bond motifs is 1. The minimum atomic E-state index is -0.543. The lowest BCUT2D eigenvalue weighted by Crippen LogP contribution is -2.35. The third-order valence-corrected chi connectivity index (χ3v) is 7.16. The van der Waals surface area contributed by atoms with Crippen LogP contribution in [0.2, 0.25) is 0 Å². The molecule has 3 heterocycles. The molecular weight excluding hydrogens is 524 g/mol. The van der Waals surface area contributed by atoms with Crippen LogP contribution >= 0.6 is 0 Å². The largest absolute Gasteiger partial charge is 0.436 e. The number of oxazole rings is 1. The van der Waals surface area contributed by atoms with Crippen molar-refractivity contribution in [2.45, 2.75) is 39.8 Å². The fourth-order valence-corrected chi connectivity index (χ4v) is 5.08. The number of para-hydroxylation sites is 1. The summed E-state index contributed by atoms with van der Waals surface area (Å²) in [6, 6.07) is 11.1. The van der Waals surface area contributed by atoms with E-state index in [1.165, 1.54) is 5.56 Å². The molecule has 0 bridgehead atoms. The number of unbranched alkanes of at least 4 members (excludes halogenated alkanes) is 1. The average molecular weight is 561 g/mol. The SMILES string of the molecule is Cc1nc(C)c(C(=O)Nc2nc3cc(C(N)=O)ccc3n2CCCCNc2c(N)cccc2CN2CCOCC2)o1.